The van der Waals surface area contributed by atoms with Crippen molar-refractivity contribution in [3.8, 4) is 22.6 Å². The number of hydrogen-bond acceptors (Lipinski definition) is 2. The normalized spacial score (nSPS) is 10.4. The zero-order valence-corrected chi connectivity index (χ0v) is 9.38. The van der Waals surface area contributed by atoms with Gasteiger partial charge in [0.25, 0.3) is 0 Å². The molecule has 5 heteroatoms. The molecule has 2 aromatic carbocycles. The molecule has 0 amide bonds. The first-order valence-corrected chi connectivity index (χ1v) is 5.05. The van der Waals surface area contributed by atoms with Crippen LogP contribution in [0.15, 0.2) is 30.3 Å². The lowest BCUT2D eigenvalue weighted by Gasteiger charge is -2.08. The van der Waals surface area contributed by atoms with E-state index in [9.17, 15) is 18.3 Å². The second-order valence-electron chi connectivity index (χ2n) is 3.63. The Balaban J connectivity index is 2.59. The standard InChI is InChI=1S/C13H9F3O2/c1-18-12-3-2-7(4-11(12)17)13-9(15)5-8(14)6-10(13)16/h2-6,17H,1H3. The van der Waals surface area contributed by atoms with E-state index >= 15 is 0 Å². The third-order valence-electron chi connectivity index (χ3n) is 2.47. The zero-order chi connectivity index (χ0) is 13.3. The van der Waals surface area contributed by atoms with Crippen molar-refractivity contribution in [1.29, 1.82) is 0 Å². The summed E-state index contributed by atoms with van der Waals surface area (Å²) in [7, 11) is 1.35. The van der Waals surface area contributed by atoms with E-state index in [2.05, 4.69) is 0 Å². The fraction of sp³-hybridized carbons (Fsp3) is 0.0769. The predicted octanol–water partition coefficient (Wildman–Crippen LogP) is 3.49. The average Bonchev–Trinajstić information content (AvgIpc) is 2.27. The molecule has 2 nitrogen and oxygen atoms in total. The maximum Gasteiger partial charge on any atom is 0.160 e. The van der Waals surface area contributed by atoms with E-state index in [0.29, 0.717) is 12.1 Å². The van der Waals surface area contributed by atoms with Crippen LogP contribution in [0.25, 0.3) is 11.1 Å². The van der Waals surface area contributed by atoms with Crippen molar-refractivity contribution in [2.75, 3.05) is 7.11 Å². The lowest BCUT2D eigenvalue weighted by Crippen LogP contribution is -1.93. The number of phenolic OH excluding ortho intramolecular Hbond substituents is 1. The van der Waals surface area contributed by atoms with Crippen molar-refractivity contribution in [3.05, 3.63) is 47.8 Å². The molecular weight excluding hydrogens is 245 g/mol. The minimum Gasteiger partial charge on any atom is -0.504 e. The maximum absolute atomic E-state index is 13.5. The lowest BCUT2D eigenvalue weighted by atomic mass is 10.0. The molecule has 2 aromatic rings. The van der Waals surface area contributed by atoms with Crippen LogP contribution in [0.4, 0.5) is 13.2 Å². The molecule has 0 saturated heterocycles. The van der Waals surface area contributed by atoms with Gasteiger partial charge in [-0.2, -0.15) is 0 Å². The van der Waals surface area contributed by atoms with Gasteiger partial charge in [0.2, 0.25) is 0 Å². The summed E-state index contributed by atoms with van der Waals surface area (Å²) in [5.41, 5.74) is -0.294. The largest absolute Gasteiger partial charge is 0.504 e. The average molecular weight is 254 g/mol. The molecule has 1 N–H and O–H groups in total. The van der Waals surface area contributed by atoms with Crippen molar-refractivity contribution in [2.24, 2.45) is 0 Å². The van der Waals surface area contributed by atoms with Crippen LogP contribution in [0.3, 0.4) is 0 Å². The van der Waals surface area contributed by atoms with Crippen molar-refractivity contribution in [2.45, 2.75) is 0 Å². The van der Waals surface area contributed by atoms with Gasteiger partial charge in [0.1, 0.15) is 17.5 Å². The zero-order valence-electron chi connectivity index (χ0n) is 9.38. The number of halogens is 3. The van der Waals surface area contributed by atoms with E-state index in [-0.39, 0.29) is 17.1 Å². The van der Waals surface area contributed by atoms with Gasteiger partial charge in [0.15, 0.2) is 11.5 Å². The third kappa shape index (κ3) is 2.11. The van der Waals surface area contributed by atoms with Crippen molar-refractivity contribution >= 4 is 0 Å². The lowest BCUT2D eigenvalue weighted by molar-refractivity contribution is 0.373. The predicted molar refractivity (Wildman–Crippen MR) is 60.0 cm³/mol. The quantitative estimate of drug-likeness (QED) is 0.888. The second-order valence-corrected chi connectivity index (χ2v) is 3.63. The first-order chi connectivity index (χ1) is 8.52. The summed E-state index contributed by atoms with van der Waals surface area (Å²) < 4.78 is 44.6. The van der Waals surface area contributed by atoms with Crippen LogP contribution in [-0.2, 0) is 0 Å². The molecule has 0 aliphatic rings. The van der Waals surface area contributed by atoms with Crippen LogP contribution in [-0.4, -0.2) is 12.2 Å². The van der Waals surface area contributed by atoms with Gasteiger partial charge in [-0.05, 0) is 17.7 Å². The van der Waals surface area contributed by atoms with Crippen LogP contribution < -0.4 is 4.74 Å². The fourth-order valence-corrected chi connectivity index (χ4v) is 1.66. The van der Waals surface area contributed by atoms with E-state index in [1.54, 1.807) is 0 Å². The van der Waals surface area contributed by atoms with Gasteiger partial charge in [-0.15, -0.1) is 0 Å². The van der Waals surface area contributed by atoms with Crippen LogP contribution >= 0.6 is 0 Å². The van der Waals surface area contributed by atoms with E-state index in [1.807, 2.05) is 0 Å². The Hall–Kier alpha value is -2.17. The third-order valence-corrected chi connectivity index (χ3v) is 2.47. The second kappa shape index (κ2) is 4.60. The number of hydrogen-bond donors (Lipinski definition) is 1. The topological polar surface area (TPSA) is 29.5 Å². The van der Waals surface area contributed by atoms with E-state index in [1.165, 1.54) is 19.2 Å². The summed E-state index contributed by atoms with van der Waals surface area (Å²) in [6.45, 7) is 0. The molecule has 18 heavy (non-hydrogen) atoms. The van der Waals surface area contributed by atoms with Gasteiger partial charge in [0.05, 0.1) is 12.7 Å². The molecule has 0 radical (unpaired) electrons. The summed E-state index contributed by atoms with van der Waals surface area (Å²) in [6.07, 6.45) is 0. The molecule has 0 saturated carbocycles. The number of benzene rings is 2. The molecule has 0 unspecified atom stereocenters. The monoisotopic (exact) mass is 254 g/mol. The molecule has 0 bridgehead atoms. The Morgan fingerprint density at radius 2 is 1.61 bits per heavy atom. The minimum absolute atomic E-state index is 0.100. The van der Waals surface area contributed by atoms with Crippen molar-refractivity contribution in [1.82, 2.24) is 0 Å². The number of rotatable bonds is 2. The minimum atomic E-state index is -1.03. The molecule has 94 valence electrons. The van der Waals surface area contributed by atoms with Gasteiger partial charge < -0.3 is 9.84 Å². The molecule has 0 heterocycles. The molecule has 0 atom stereocenters. The fourth-order valence-electron chi connectivity index (χ4n) is 1.66. The van der Waals surface area contributed by atoms with E-state index in [0.717, 1.165) is 6.07 Å². The number of methoxy groups -OCH3 is 1. The van der Waals surface area contributed by atoms with Gasteiger partial charge in [-0.25, -0.2) is 13.2 Å². The summed E-state index contributed by atoms with van der Waals surface area (Å²) in [5.74, 6) is -3.12. The Morgan fingerprint density at radius 1 is 1.00 bits per heavy atom. The van der Waals surface area contributed by atoms with E-state index in [4.69, 9.17) is 4.74 Å². The first-order valence-electron chi connectivity index (χ1n) is 5.05. The molecule has 0 aliphatic heterocycles. The van der Waals surface area contributed by atoms with Crippen LogP contribution in [0.1, 0.15) is 0 Å². The Bertz CT molecular complexity index is 574. The van der Waals surface area contributed by atoms with Crippen LogP contribution in [0, 0.1) is 17.5 Å². The van der Waals surface area contributed by atoms with Crippen LogP contribution in [0.2, 0.25) is 0 Å². The highest BCUT2D eigenvalue weighted by Crippen LogP contribution is 2.34. The Labute approximate surface area is 101 Å². The molecule has 0 fully saturated rings. The van der Waals surface area contributed by atoms with Crippen molar-refractivity contribution in [3.63, 3.8) is 0 Å². The number of phenols is 1. The highest BCUT2D eigenvalue weighted by atomic mass is 19.1. The van der Waals surface area contributed by atoms with Gasteiger partial charge in [0, 0.05) is 12.1 Å². The summed E-state index contributed by atoms with van der Waals surface area (Å²) in [5, 5.41) is 9.55. The Morgan fingerprint density at radius 3 is 2.11 bits per heavy atom. The molecule has 0 spiro atoms. The summed E-state index contributed by atoms with van der Waals surface area (Å²) in [6, 6.07) is 5.06. The van der Waals surface area contributed by atoms with Gasteiger partial charge >= 0.3 is 0 Å². The SMILES string of the molecule is COc1ccc(-c2c(F)cc(F)cc2F)cc1O. The maximum atomic E-state index is 13.5. The summed E-state index contributed by atoms with van der Waals surface area (Å²) in [4.78, 5) is 0. The smallest absolute Gasteiger partial charge is 0.160 e. The Kier molecular flexibility index (Phi) is 3.14. The van der Waals surface area contributed by atoms with Crippen LogP contribution in [0.5, 0.6) is 11.5 Å². The molecule has 2 rings (SSSR count). The van der Waals surface area contributed by atoms with Crippen molar-refractivity contribution < 1.29 is 23.0 Å². The van der Waals surface area contributed by atoms with Gasteiger partial charge in [-0.1, -0.05) is 6.07 Å². The van der Waals surface area contributed by atoms with E-state index < -0.39 is 23.0 Å². The highest BCUT2D eigenvalue weighted by molar-refractivity contribution is 5.68. The number of aromatic hydroxyl groups is 1. The molecular formula is C13H9F3O2. The summed E-state index contributed by atoms with van der Waals surface area (Å²) >= 11 is 0. The highest BCUT2D eigenvalue weighted by Gasteiger charge is 2.15. The molecule has 0 aromatic heterocycles. The first kappa shape index (κ1) is 12.3. The molecule has 0 aliphatic carbocycles. The van der Waals surface area contributed by atoms with Gasteiger partial charge in [-0.3, -0.25) is 0 Å². The number of ether oxygens (including phenoxy) is 1.